The Labute approximate surface area is 66.0 Å². The van der Waals surface area contributed by atoms with Gasteiger partial charge in [-0.05, 0) is 12.1 Å². The first-order valence-corrected chi connectivity index (χ1v) is 4.86. The van der Waals surface area contributed by atoms with Crippen molar-refractivity contribution in [1.82, 2.24) is 4.98 Å². The molecule has 0 unspecified atom stereocenters. The number of sulfone groups is 1. The molecule has 0 saturated carbocycles. The Morgan fingerprint density at radius 2 is 2.18 bits per heavy atom. The van der Waals surface area contributed by atoms with Crippen molar-refractivity contribution in [2.24, 2.45) is 0 Å². The van der Waals surface area contributed by atoms with Crippen molar-refractivity contribution in [3.63, 3.8) is 0 Å². The SMILES string of the molecule is [CH2]S(=O)(=O)Cc1ccccn1. The van der Waals surface area contributed by atoms with Crippen LogP contribution in [0.3, 0.4) is 0 Å². The van der Waals surface area contributed by atoms with Crippen LogP contribution in [-0.2, 0) is 15.6 Å². The van der Waals surface area contributed by atoms with Gasteiger partial charge in [-0.15, -0.1) is 0 Å². The molecule has 3 nitrogen and oxygen atoms in total. The number of pyridine rings is 1. The van der Waals surface area contributed by atoms with E-state index in [4.69, 9.17) is 0 Å². The molecule has 1 radical (unpaired) electrons. The van der Waals surface area contributed by atoms with Crippen LogP contribution in [0.15, 0.2) is 24.4 Å². The van der Waals surface area contributed by atoms with Gasteiger partial charge < -0.3 is 0 Å². The maximum absolute atomic E-state index is 10.6. The minimum Gasteiger partial charge on any atom is -0.260 e. The first kappa shape index (κ1) is 8.20. The van der Waals surface area contributed by atoms with Gasteiger partial charge in [0.15, 0.2) is 9.84 Å². The highest BCUT2D eigenvalue weighted by atomic mass is 32.2. The normalized spacial score (nSPS) is 11.4. The molecule has 0 N–H and O–H groups in total. The van der Waals surface area contributed by atoms with E-state index in [1.165, 1.54) is 0 Å². The maximum Gasteiger partial charge on any atom is 0.156 e. The summed E-state index contributed by atoms with van der Waals surface area (Å²) in [6.45, 7) is 0. The van der Waals surface area contributed by atoms with Crippen LogP contribution in [0.5, 0.6) is 0 Å². The summed E-state index contributed by atoms with van der Waals surface area (Å²) < 4.78 is 21.3. The van der Waals surface area contributed by atoms with Crippen molar-refractivity contribution < 1.29 is 8.42 Å². The largest absolute Gasteiger partial charge is 0.260 e. The number of aromatic nitrogens is 1. The van der Waals surface area contributed by atoms with Gasteiger partial charge in [-0.3, -0.25) is 4.98 Å². The van der Waals surface area contributed by atoms with Crippen LogP contribution >= 0.6 is 0 Å². The van der Waals surface area contributed by atoms with Crippen molar-refractivity contribution in [3.8, 4) is 0 Å². The summed E-state index contributed by atoms with van der Waals surface area (Å²) >= 11 is 0. The molecule has 59 valence electrons. The molecule has 0 bridgehead atoms. The lowest BCUT2D eigenvalue weighted by atomic mass is 10.4. The smallest absolute Gasteiger partial charge is 0.156 e. The van der Waals surface area contributed by atoms with E-state index in [0.29, 0.717) is 5.69 Å². The van der Waals surface area contributed by atoms with Crippen molar-refractivity contribution >= 4 is 9.84 Å². The molecular formula is C7H8NO2S. The molecule has 0 aliphatic heterocycles. The zero-order valence-electron chi connectivity index (χ0n) is 5.90. The minimum atomic E-state index is -3.19. The number of rotatable bonds is 2. The van der Waals surface area contributed by atoms with Gasteiger partial charge in [-0.2, -0.15) is 0 Å². The van der Waals surface area contributed by atoms with Gasteiger partial charge in [0, 0.05) is 6.20 Å². The molecule has 4 heteroatoms. The lowest BCUT2D eigenvalue weighted by Gasteiger charge is -1.95. The van der Waals surface area contributed by atoms with E-state index in [-0.39, 0.29) is 5.75 Å². The van der Waals surface area contributed by atoms with E-state index in [9.17, 15) is 8.42 Å². The van der Waals surface area contributed by atoms with Crippen molar-refractivity contribution in [2.75, 3.05) is 0 Å². The fourth-order valence-corrected chi connectivity index (χ4v) is 1.33. The topological polar surface area (TPSA) is 47.0 Å². The lowest BCUT2D eigenvalue weighted by molar-refractivity contribution is 0.603. The predicted molar refractivity (Wildman–Crippen MR) is 42.2 cm³/mol. The molecule has 0 fully saturated rings. The molecule has 0 amide bonds. The number of hydrogen-bond donors (Lipinski definition) is 0. The van der Waals surface area contributed by atoms with Crippen LogP contribution in [-0.4, -0.2) is 13.4 Å². The van der Waals surface area contributed by atoms with E-state index < -0.39 is 9.84 Å². The van der Waals surface area contributed by atoms with Gasteiger partial charge in [0.2, 0.25) is 0 Å². The first-order valence-electron chi connectivity index (χ1n) is 3.03. The molecule has 11 heavy (non-hydrogen) atoms. The molecule has 0 spiro atoms. The summed E-state index contributed by atoms with van der Waals surface area (Å²) in [5.74, 6) is -0.0894. The monoisotopic (exact) mass is 170 g/mol. The number of nitrogens with zero attached hydrogens (tertiary/aromatic N) is 1. The molecule has 0 saturated heterocycles. The van der Waals surface area contributed by atoms with E-state index in [1.54, 1.807) is 24.4 Å². The Hall–Kier alpha value is -0.900. The summed E-state index contributed by atoms with van der Waals surface area (Å²) in [6.07, 6.45) is 4.55. The quantitative estimate of drug-likeness (QED) is 0.659. The molecule has 1 aromatic rings. The highest BCUT2D eigenvalue weighted by molar-refractivity contribution is 7.91. The van der Waals surface area contributed by atoms with Gasteiger partial charge in [-0.25, -0.2) is 8.42 Å². The molecule has 1 rings (SSSR count). The lowest BCUT2D eigenvalue weighted by Crippen LogP contribution is -1.99. The van der Waals surface area contributed by atoms with Crippen molar-refractivity contribution in [3.05, 3.63) is 36.3 Å². The second-order valence-corrected chi connectivity index (χ2v) is 3.98. The molecule has 1 aromatic heterocycles. The van der Waals surface area contributed by atoms with E-state index in [2.05, 4.69) is 11.2 Å². The Bertz CT molecular complexity index is 318. The summed E-state index contributed by atoms with van der Waals surface area (Å²) in [6, 6.07) is 5.13. The van der Waals surface area contributed by atoms with Crippen LogP contribution in [0.25, 0.3) is 0 Å². The summed E-state index contributed by atoms with van der Waals surface area (Å²) in [4.78, 5) is 3.84. The summed E-state index contributed by atoms with van der Waals surface area (Å²) in [5, 5.41) is 0. The van der Waals surface area contributed by atoms with Gasteiger partial charge in [0.05, 0.1) is 17.7 Å². The highest BCUT2D eigenvalue weighted by Crippen LogP contribution is 2.00. The molecule has 0 aliphatic carbocycles. The third-order valence-electron chi connectivity index (χ3n) is 1.09. The first-order chi connectivity index (χ1) is 5.08. The van der Waals surface area contributed by atoms with Crippen LogP contribution in [0.4, 0.5) is 0 Å². The van der Waals surface area contributed by atoms with Gasteiger partial charge in [-0.1, -0.05) is 6.07 Å². The molecule has 0 aliphatic rings. The standard InChI is InChI=1S/C7H8NO2S/c1-11(9,10)6-7-4-2-3-5-8-7/h2-5H,1,6H2. The Morgan fingerprint density at radius 3 is 2.64 bits per heavy atom. The van der Waals surface area contributed by atoms with E-state index >= 15 is 0 Å². The fourth-order valence-electron chi connectivity index (χ4n) is 0.709. The highest BCUT2D eigenvalue weighted by Gasteiger charge is 2.03. The molecule has 0 aromatic carbocycles. The predicted octanol–water partition coefficient (Wildman–Crippen LogP) is 0.788. The third-order valence-corrected chi connectivity index (χ3v) is 1.83. The van der Waals surface area contributed by atoms with Crippen LogP contribution in [0.2, 0.25) is 0 Å². The maximum atomic E-state index is 10.6. The van der Waals surface area contributed by atoms with Gasteiger partial charge in [0.1, 0.15) is 0 Å². The Morgan fingerprint density at radius 1 is 1.45 bits per heavy atom. The second-order valence-electron chi connectivity index (χ2n) is 2.21. The van der Waals surface area contributed by atoms with Gasteiger partial charge in [0.25, 0.3) is 0 Å². The zero-order chi connectivity index (χ0) is 8.32. The zero-order valence-corrected chi connectivity index (χ0v) is 6.71. The Balaban J connectivity index is 2.82. The second kappa shape index (κ2) is 3.00. The minimum absolute atomic E-state index is 0.0894. The van der Waals surface area contributed by atoms with E-state index in [0.717, 1.165) is 0 Å². The van der Waals surface area contributed by atoms with Gasteiger partial charge >= 0.3 is 0 Å². The number of hydrogen-bond acceptors (Lipinski definition) is 3. The fraction of sp³-hybridized carbons (Fsp3) is 0.143. The van der Waals surface area contributed by atoms with Crippen LogP contribution in [0.1, 0.15) is 5.69 Å². The average molecular weight is 170 g/mol. The molecule has 1 heterocycles. The van der Waals surface area contributed by atoms with Crippen LogP contribution in [0, 0.1) is 6.26 Å². The average Bonchev–Trinajstić information content (AvgIpc) is 1.85. The molecule has 0 atom stereocenters. The van der Waals surface area contributed by atoms with Crippen LogP contribution < -0.4 is 0 Å². The summed E-state index contributed by atoms with van der Waals surface area (Å²) in [7, 11) is -3.19. The summed E-state index contributed by atoms with van der Waals surface area (Å²) in [5.41, 5.74) is 0.530. The molecular weight excluding hydrogens is 162 g/mol. The van der Waals surface area contributed by atoms with Crippen molar-refractivity contribution in [2.45, 2.75) is 5.75 Å². The Kier molecular flexibility index (Phi) is 2.24. The van der Waals surface area contributed by atoms with E-state index in [1.807, 2.05) is 0 Å². The van der Waals surface area contributed by atoms with Crippen molar-refractivity contribution in [1.29, 1.82) is 0 Å². The third kappa shape index (κ3) is 3.13.